The van der Waals surface area contributed by atoms with E-state index in [1.807, 2.05) is 11.3 Å². The Kier molecular flexibility index (Phi) is 6.83. The summed E-state index contributed by atoms with van der Waals surface area (Å²) in [6.07, 6.45) is 0. The van der Waals surface area contributed by atoms with Crippen molar-refractivity contribution in [3.8, 4) is 44.5 Å². The van der Waals surface area contributed by atoms with E-state index in [-0.39, 0.29) is 0 Å². The normalized spacial score (nSPS) is 11.8. The zero-order valence-electron chi connectivity index (χ0n) is 28.9. The predicted molar refractivity (Wildman–Crippen MR) is 231 cm³/mol. The lowest BCUT2D eigenvalue weighted by Crippen LogP contribution is -1.91. The van der Waals surface area contributed by atoms with Crippen molar-refractivity contribution in [2.24, 2.45) is 0 Å². The van der Waals surface area contributed by atoms with Crippen LogP contribution in [0.4, 0.5) is 0 Å². The maximum atomic E-state index is 2.45. The van der Waals surface area contributed by atoms with Gasteiger partial charge in [0.05, 0.1) is 0 Å². The van der Waals surface area contributed by atoms with Gasteiger partial charge in [0.1, 0.15) is 0 Å². The highest BCUT2D eigenvalue weighted by Crippen LogP contribution is 2.47. The van der Waals surface area contributed by atoms with E-state index in [0.717, 1.165) is 0 Å². The van der Waals surface area contributed by atoms with Crippen LogP contribution in [0.15, 0.2) is 194 Å². The molecule has 0 radical (unpaired) electrons. The maximum Gasteiger partial charge on any atom is 0.0355 e. The lowest BCUT2D eigenvalue weighted by atomic mass is 9.85. The van der Waals surface area contributed by atoms with Crippen molar-refractivity contribution in [1.29, 1.82) is 0 Å². The number of hydrogen-bond acceptors (Lipinski definition) is 1. The van der Waals surface area contributed by atoms with Crippen LogP contribution in [0.5, 0.6) is 0 Å². The molecule has 11 aromatic rings. The van der Waals surface area contributed by atoms with E-state index in [9.17, 15) is 0 Å². The van der Waals surface area contributed by atoms with Gasteiger partial charge in [0, 0.05) is 20.2 Å². The molecule has 1 heteroatoms. The van der Waals surface area contributed by atoms with Crippen LogP contribution in [0, 0.1) is 0 Å². The largest absolute Gasteiger partial charge is 0.135 e. The van der Waals surface area contributed by atoms with Gasteiger partial charge in [-0.15, -0.1) is 11.3 Å². The fourth-order valence-corrected chi connectivity index (χ4v) is 9.87. The Hall–Kier alpha value is -6.54. The van der Waals surface area contributed by atoms with Crippen molar-refractivity contribution in [2.75, 3.05) is 0 Å². The summed E-state index contributed by atoms with van der Waals surface area (Å²) in [5.41, 5.74) is 10.2. The van der Waals surface area contributed by atoms with Gasteiger partial charge in [-0.25, -0.2) is 0 Å². The fourth-order valence-electron chi connectivity index (χ4n) is 8.80. The van der Waals surface area contributed by atoms with E-state index in [1.165, 1.54) is 108 Å². The standard InChI is InChI=1S/C52H32S/c1-3-15-33(16-4-1)49-37-19-7-11-23-41(37)51(42-24-12-8-20-38(42)49)35-27-29-47-45(31-35)46-32-36(28-30-48(46)53-47)52-43-25-13-9-21-39(43)50(34-17-5-2-6-18-34)40-22-10-14-26-44(40)52/h1-32H. The van der Waals surface area contributed by atoms with E-state index in [1.54, 1.807) is 0 Å². The van der Waals surface area contributed by atoms with Crippen LogP contribution in [0.2, 0.25) is 0 Å². The molecule has 0 saturated heterocycles. The molecule has 0 aliphatic rings. The number of rotatable bonds is 4. The topological polar surface area (TPSA) is 0 Å². The summed E-state index contributed by atoms with van der Waals surface area (Å²) >= 11 is 1.88. The molecular formula is C52H32S. The van der Waals surface area contributed by atoms with Crippen molar-refractivity contribution >= 4 is 74.6 Å². The van der Waals surface area contributed by atoms with Crippen LogP contribution in [0.1, 0.15) is 0 Å². The van der Waals surface area contributed by atoms with Crippen molar-refractivity contribution in [1.82, 2.24) is 0 Å². The van der Waals surface area contributed by atoms with Gasteiger partial charge < -0.3 is 0 Å². The maximum absolute atomic E-state index is 2.45. The molecule has 0 unspecified atom stereocenters. The molecule has 0 amide bonds. The monoisotopic (exact) mass is 688 g/mol. The molecule has 0 aliphatic heterocycles. The van der Waals surface area contributed by atoms with Crippen molar-refractivity contribution in [2.45, 2.75) is 0 Å². The zero-order valence-corrected chi connectivity index (χ0v) is 29.7. The minimum Gasteiger partial charge on any atom is -0.135 e. The Morgan fingerprint density at radius 3 is 0.774 bits per heavy atom. The second kappa shape index (κ2) is 12.0. The lowest BCUT2D eigenvalue weighted by Gasteiger charge is -2.18. The molecule has 0 saturated carbocycles. The Morgan fingerprint density at radius 2 is 0.472 bits per heavy atom. The quantitative estimate of drug-likeness (QED) is 0.162. The third-order valence-corrected chi connectivity index (χ3v) is 12.2. The summed E-state index contributed by atoms with van der Waals surface area (Å²) in [5.74, 6) is 0. The van der Waals surface area contributed by atoms with E-state index >= 15 is 0 Å². The third kappa shape index (κ3) is 4.68. The van der Waals surface area contributed by atoms with Crippen molar-refractivity contribution in [3.05, 3.63) is 194 Å². The number of benzene rings is 10. The minimum absolute atomic E-state index is 1.25. The molecule has 246 valence electrons. The molecule has 0 bridgehead atoms. The summed E-state index contributed by atoms with van der Waals surface area (Å²) in [5, 5.41) is 12.8. The Labute approximate surface area is 311 Å². The van der Waals surface area contributed by atoms with Crippen molar-refractivity contribution in [3.63, 3.8) is 0 Å². The predicted octanol–water partition coefficient (Wildman–Crippen LogP) is 15.3. The van der Waals surface area contributed by atoms with Crippen LogP contribution in [-0.2, 0) is 0 Å². The first-order valence-electron chi connectivity index (χ1n) is 18.3. The SMILES string of the molecule is c1ccc(-c2c3ccccc3c(-c3ccc4sc5ccc(-c6c7ccccc7c(-c7ccccc7)c7ccccc67)cc5c4c3)c3ccccc23)cc1. The van der Waals surface area contributed by atoms with E-state index < -0.39 is 0 Å². The highest BCUT2D eigenvalue weighted by Gasteiger charge is 2.19. The average molecular weight is 689 g/mol. The Morgan fingerprint density at radius 1 is 0.208 bits per heavy atom. The summed E-state index contributed by atoms with van der Waals surface area (Å²) in [6.45, 7) is 0. The fraction of sp³-hybridized carbons (Fsp3) is 0. The van der Waals surface area contributed by atoms with Crippen LogP contribution >= 0.6 is 11.3 Å². The second-order valence-electron chi connectivity index (χ2n) is 13.9. The van der Waals surface area contributed by atoms with Gasteiger partial charge in [-0.1, -0.05) is 170 Å². The van der Waals surface area contributed by atoms with E-state index in [2.05, 4.69) is 194 Å². The summed E-state index contributed by atoms with van der Waals surface area (Å²) < 4.78 is 2.62. The van der Waals surface area contributed by atoms with Gasteiger partial charge in [-0.05, 0) is 112 Å². The molecule has 0 N–H and O–H groups in total. The Balaban J connectivity index is 1.17. The first kappa shape index (κ1) is 30.1. The van der Waals surface area contributed by atoms with Gasteiger partial charge in [0.15, 0.2) is 0 Å². The average Bonchev–Trinajstić information content (AvgIpc) is 3.59. The molecular weight excluding hydrogens is 657 g/mol. The highest BCUT2D eigenvalue weighted by atomic mass is 32.1. The first-order valence-corrected chi connectivity index (χ1v) is 19.1. The molecule has 53 heavy (non-hydrogen) atoms. The van der Waals surface area contributed by atoms with E-state index in [4.69, 9.17) is 0 Å². The Bertz CT molecular complexity index is 2870. The number of hydrogen-bond donors (Lipinski definition) is 0. The molecule has 1 aromatic heterocycles. The lowest BCUT2D eigenvalue weighted by molar-refractivity contribution is 1.66. The molecule has 0 atom stereocenters. The van der Waals surface area contributed by atoms with Crippen molar-refractivity contribution < 1.29 is 0 Å². The third-order valence-electron chi connectivity index (χ3n) is 11.0. The highest BCUT2D eigenvalue weighted by molar-refractivity contribution is 7.25. The van der Waals surface area contributed by atoms with E-state index in [0.29, 0.717) is 0 Å². The molecule has 11 rings (SSSR count). The number of thiophene rings is 1. The van der Waals surface area contributed by atoms with Gasteiger partial charge in [0.25, 0.3) is 0 Å². The second-order valence-corrected chi connectivity index (χ2v) is 15.0. The molecule has 1 heterocycles. The van der Waals surface area contributed by atoms with Gasteiger partial charge in [-0.2, -0.15) is 0 Å². The molecule has 0 aliphatic carbocycles. The smallest absolute Gasteiger partial charge is 0.0355 e. The van der Waals surface area contributed by atoms with Gasteiger partial charge >= 0.3 is 0 Å². The molecule has 0 fully saturated rings. The molecule has 0 spiro atoms. The first-order chi connectivity index (χ1) is 26.3. The summed E-state index contributed by atoms with van der Waals surface area (Å²) in [6, 6.07) is 71.7. The zero-order chi connectivity index (χ0) is 34.9. The van der Waals surface area contributed by atoms with Crippen LogP contribution in [0.25, 0.3) is 108 Å². The summed E-state index contributed by atoms with van der Waals surface area (Å²) in [7, 11) is 0. The minimum atomic E-state index is 1.25. The summed E-state index contributed by atoms with van der Waals surface area (Å²) in [4.78, 5) is 0. The van der Waals surface area contributed by atoms with Gasteiger partial charge in [0.2, 0.25) is 0 Å². The molecule has 10 aromatic carbocycles. The van der Waals surface area contributed by atoms with Crippen LogP contribution < -0.4 is 0 Å². The van der Waals surface area contributed by atoms with Crippen LogP contribution in [-0.4, -0.2) is 0 Å². The molecule has 0 nitrogen and oxygen atoms in total. The van der Waals surface area contributed by atoms with Gasteiger partial charge in [-0.3, -0.25) is 0 Å². The number of fused-ring (bicyclic) bond motifs is 7. The van der Waals surface area contributed by atoms with Crippen LogP contribution in [0.3, 0.4) is 0 Å².